The van der Waals surface area contributed by atoms with Gasteiger partial charge in [0.2, 0.25) is 5.91 Å². The summed E-state index contributed by atoms with van der Waals surface area (Å²) in [7, 11) is 0. The molecule has 200 valence electrons. The summed E-state index contributed by atoms with van der Waals surface area (Å²) < 4.78 is 0. The molecule has 1 amide bonds. The van der Waals surface area contributed by atoms with Gasteiger partial charge in [-0.25, -0.2) is 0 Å². The maximum Gasteiger partial charge on any atom is 0.220 e. The lowest BCUT2D eigenvalue weighted by atomic mass is 9.98. The molecule has 0 saturated carbocycles. The number of carbonyl (C=O) groups excluding carboxylic acids is 1. The average Bonchev–Trinajstić information content (AvgIpc) is 2.78. The number of nitrogens with one attached hydrogen (secondary N) is 1. The molecule has 34 heavy (non-hydrogen) atoms. The van der Waals surface area contributed by atoms with Crippen LogP contribution in [-0.2, 0) is 4.79 Å². The third-order valence-electron chi connectivity index (χ3n) is 5.84. The number of carbonyl (C=O) groups is 1. The Morgan fingerprint density at radius 2 is 1.15 bits per heavy atom. The van der Waals surface area contributed by atoms with E-state index in [9.17, 15) is 9.90 Å². The van der Waals surface area contributed by atoms with Gasteiger partial charge in [0.1, 0.15) is 0 Å². The first-order valence-electron chi connectivity index (χ1n) is 13.1. The lowest BCUT2D eigenvalue weighted by Gasteiger charge is -2.24. The molecule has 10 nitrogen and oxygen atoms in total. The molecule has 0 spiro atoms. The van der Waals surface area contributed by atoms with Crippen molar-refractivity contribution in [3.05, 3.63) is 0 Å². The minimum atomic E-state index is -0.525. The van der Waals surface area contributed by atoms with Crippen molar-refractivity contribution in [3.8, 4) is 0 Å². The topological polar surface area (TPSA) is 204 Å². The predicted octanol–water partition coefficient (Wildman–Crippen LogP) is 1.58. The Hall–Kier alpha value is -2.07. The van der Waals surface area contributed by atoms with Crippen LogP contribution in [0.1, 0.15) is 103 Å². The van der Waals surface area contributed by atoms with Gasteiger partial charge >= 0.3 is 0 Å². The van der Waals surface area contributed by atoms with Crippen LogP contribution in [0.15, 0.2) is 9.98 Å². The lowest BCUT2D eigenvalue weighted by molar-refractivity contribution is -0.122. The van der Waals surface area contributed by atoms with Gasteiger partial charge in [-0.15, -0.1) is 0 Å². The Morgan fingerprint density at radius 3 is 1.65 bits per heavy atom. The molecule has 0 aliphatic carbocycles. The van der Waals surface area contributed by atoms with Gasteiger partial charge in [0.15, 0.2) is 11.9 Å². The minimum Gasteiger partial charge on any atom is -0.391 e. The zero-order valence-electron chi connectivity index (χ0n) is 21.2. The molecule has 10 heteroatoms. The Morgan fingerprint density at radius 1 is 0.676 bits per heavy atom. The first-order chi connectivity index (χ1) is 16.4. The number of rotatable bonds is 23. The third-order valence-corrected chi connectivity index (χ3v) is 5.84. The number of amides is 1. The van der Waals surface area contributed by atoms with Crippen molar-refractivity contribution < 1.29 is 9.90 Å². The Bertz CT molecular complexity index is 549. The van der Waals surface area contributed by atoms with Gasteiger partial charge in [-0.3, -0.25) is 14.8 Å². The summed E-state index contributed by atoms with van der Waals surface area (Å²) in [4.78, 5) is 20.3. The van der Waals surface area contributed by atoms with E-state index in [1.807, 2.05) is 0 Å². The van der Waals surface area contributed by atoms with Gasteiger partial charge in [0.25, 0.3) is 0 Å². The fourth-order valence-corrected chi connectivity index (χ4v) is 3.87. The highest BCUT2D eigenvalue weighted by Gasteiger charge is 2.20. The van der Waals surface area contributed by atoms with Crippen LogP contribution in [0.4, 0.5) is 0 Å². The second-order valence-electron chi connectivity index (χ2n) is 9.07. The van der Waals surface area contributed by atoms with Crippen molar-refractivity contribution in [2.75, 3.05) is 19.6 Å². The molecule has 0 rings (SSSR count). The van der Waals surface area contributed by atoms with E-state index >= 15 is 0 Å². The normalized spacial score (nSPS) is 12.6. The number of aliphatic hydroxyl groups is 1. The molecular formula is C24H52N8O2. The molecule has 12 N–H and O–H groups in total. The maximum atomic E-state index is 12.4. The SMILES string of the molecule is NCCC[C@@H](NC(=O)CCCCCCCCN=C(N)N)[C@@H](O)CCCCCCCCN=C(N)N. The monoisotopic (exact) mass is 484 g/mol. The van der Waals surface area contributed by atoms with E-state index in [-0.39, 0.29) is 23.9 Å². The molecule has 0 bridgehead atoms. The predicted molar refractivity (Wildman–Crippen MR) is 142 cm³/mol. The van der Waals surface area contributed by atoms with Crippen LogP contribution in [0.5, 0.6) is 0 Å². The van der Waals surface area contributed by atoms with Gasteiger partial charge in [0.05, 0.1) is 12.1 Å². The highest BCUT2D eigenvalue weighted by Crippen LogP contribution is 2.14. The van der Waals surface area contributed by atoms with Crippen LogP contribution in [0, 0.1) is 0 Å². The van der Waals surface area contributed by atoms with E-state index in [2.05, 4.69) is 15.3 Å². The number of guanidine groups is 2. The molecule has 2 atom stereocenters. The van der Waals surface area contributed by atoms with Crippen LogP contribution in [-0.4, -0.2) is 54.7 Å². The summed E-state index contributed by atoms with van der Waals surface area (Å²) in [6.45, 7) is 1.92. The summed E-state index contributed by atoms with van der Waals surface area (Å²) in [5.74, 6) is 0.320. The van der Waals surface area contributed by atoms with Gasteiger partial charge in [-0.05, 0) is 45.1 Å². The number of nitrogens with two attached hydrogens (primary N) is 5. The molecule has 0 fully saturated rings. The lowest BCUT2D eigenvalue weighted by Crippen LogP contribution is -2.43. The number of aliphatic hydroxyl groups excluding tert-OH is 1. The average molecular weight is 485 g/mol. The van der Waals surface area contributed by atoms with Crippen molar-refractivity contribution in [2.45, 2.75) is 115 Å². The van der Waals surface area contributed by atoms with E-state index in [0.29, 0.717) is 38.9 Å². The summed E-state index contributed by atoms with van der Waals surface area (Å²) >= 11 is 0. The molecule has 0 aromatic heterocycles. The first kappa shape index (κ1) is 31.9. The Labute approximate surface area is 206 Å². The Kier molecular flexibility index (Phi) is 21.3. The largest absolute Gasteiger partial charge is 0.391 e. The van der Waals surface area contributed by atoms with Crippen molar-refractivity contribution in [1.29, 1.82) is 0 Å². The van der Waals surface area contributed by atoms with Crippen LogP contribution >= 0.6 is 0 Å². The second-order valence-corrected chi connectivity index (χ2v) is 9.07. The zero-order chi connectivity index (χ0) is 25.4. The molecule has 0 aliphatic heterocycles. The number of nitrogens with zero attached hydrogens (tertiary/aromatic N) is 2. The van der Waals surface area contributed by atoms with E-state index in [0.717, 1.165) is 83.5 Å². The standard InChI is InChI=1S/C24H52N8O2/c25-17-13-14-20(21(33)15-9-5-1-3-7-11-18-30-23(26)27)32-22(34)16-10-6-2-4-8-12-19-31-24(28)29/h20-21,33H,1-19,25H2,(H,32,34)(H4,26,27,30)(H4,28,29,31)/t20-,21+/m1/s1. The highest BCUT2D eigenvalue weighted by molar-refractivity contribution is 5.76. The molecule has 0 saturated heterocycles. The van der Waals surface area contributed by atoms with Crippen LogP contribution in [0.25, 0.3) is 0 Å². The van der Waals surface area contributed by atoms with Crippen molar-refractivity contribution in [1.82, 2.24) is 5.32 Å². The number of hydrogen-bond acceptors (Lipinski definition) is 5. The summed E-state index contributed by atoms with van der Waals surface area (Å²) in [5, 5.41) is 13.7. The minimum absolute atomic E-state index is 0.0228. The van der Waals surface area contributed by atoms with E-state index in [4.69, 9.17) is 28.7 Å². The summed E-state index contributed by atoms with van der Waals surface area (Å²) in [6.07, 6.45) is 14.7. The number of hydrogen-bond donors (Lipinski definition) is 7. The fraction of sp³-hybridized carbons (Fsp3) is 0.875. The van der Waals surface area contributed by atoms with E-state index < -0.39 is 6.10 Å². The van der Waals surface area contributed by atoms with Crippen LogP contribution in [0.2, 0.25) is 0 Å². The van der Waals surface area contributed by atoms with Crippen molar-refractivity contribution >= 4 is 17.8 Å². The van der Waals surface area contributed by atoms with Gasteiger partial charge in [-0.1, -0.05) is 57.8 Å². The van der Waals surface area contributed by atoms with Crippen molar-refractivity contribution in [2.24, 2.45) is 38.7 Å². The molecular weight excluding hydrogens is 432 g/mol. The molecule has 0 radical (unpaired) electrons. The van der Waals surface area contributed by atoms with Gasteiger partial charge in [0, 0.05) is 19.5 Å². The Balaban J connectivity index is 3.95. The van der Waals surface area contributed by atoms with Gasteiger partial charge in [-0.2, -0.15) is 0 Å². The van der Waals surface area contributed by atoms with Crippen LogP contribution in [0.3, 0.4) is 0 Å². The molecule has 0 aromatic rings. The second kappa shape index (κ2) is 22.7. The molecule has 0 heterocycles. The number of unbranched alkanes of at least 4 members (excludes halogenated alkanes) is 10. The summed E-state index contributed by atoms with van der Waals surface area (Å²) in [6, 6.07) is -0.217. The van der Waals surface area contributed by atoms with Crippen LogP contribution < -0.4 is 34.0 Å². The molecule has 0 aliphatic rings. The quantitative estimate of drug-likeness (QED) is 0.0647. The zero-order valence-corrected chi connectivity index (χ0v) is 21.2. The highest BCUT2D eigenvalue weighted by atomic mass is 16.3. The smallest absolute Gasteiger partial charge is 0.220 e. The maximum absolute atomic E-state index is 12.4. The molecule has 0 unspecified atom stereocenters. The first-order valence-corrected chi connectivity index (χ1v) is 13.1. The van der Waals surface area contributed by atoms with Crippen molar-refractivity contribution in [3.63, 3.8) is 0 Å². The fourth-order valence-electron chi connectivity index (χ4n) is 3.87. The van der Waals surface area contributed by atoms with E-state index in [1.54, 1.807) is 0 Å². The third kappa shape index (κ3) is 21.8. The summed E-state index contributed by atoms with van der Waals surface area (Å²) in [5.41, 5.74) is 26.9. The molecule has 0 aromatic carbocycles. The van der Waals surface area contributed by atoms with Gasteiger partial charge < -0.3 is 39.1 Å². The van der Waals surface area contributed by atoms with E-state index in [1.165, 1.54) is 0 Å². The number of aliphatic imine (C=N–C) groups is 2.